The second kappa shape index (κ2) is 6.80. The summed E-state index contributed by atoms with van der Waals surface area (Å²) in [5, 5.41) is 11.4. The third kappa shape index (κ3) is 4.21. The van der Waals surface area contributed by atoms with Crippen LogP contribution in [0.3, 0.4) is 0 Å². The summed E-state index contributed by atoms with van der Waals surface area (Å²) in [4.78, 5) is 24.1. The van der Waals surface area contributed by atoms with Gasteiger partial charge in [-0.15, -0.1) is 0 Å². The molecule has 100 valence electrons. The van der Waals surface area contributed by atoms with Gasteiger partial charge in [-0.1, -0.05) is 6.92 Å². The molecule has 0 bridgehead atoms. The van der Waals surface area contributed by atoms with Crippen LogP contribution in [0.15, 0.2) is 22.8 Å². The molecule has 2 N–H and O–H groups in total. The van der Waals surface area contributed by atoms with Crippen LogP contribution in [-0.4, -0.2) is 41.0 Å². The third-order valence-corrected chi connectivity index (χ3v) is 2.69. The highest BCUT2D eigenvalue weighted by Gasteiger charge is 2.21. The zero-order chi connectivity index (χ0) is 13.5. The summed E-state index contributed by atoms with van der Waals surface area (Å²) in [5.74, 6) is -0.492. The first-order chi connectivity index (χ1) is 8.54. The fraction of sp³-hybridized carbons (Fsp3) is 0.500. The van der Waals surface area contributed by atoms with Gasteiger partial charge in [0.2, 0.25) is 5.91 Å². The number of carboxylic acids is 1. The van der Waals surface area contributed by atoms with Crippen LogP contribution in [0.1, 0.15) is 19.6 Å². The Balaban J connectivity index is 2.46. The normalized spacial score (nSPS) is 12.4. The minimum Gasteiger partial charge on any atom is -0.480 e. The van der Waals surface area contributed by atoms with Gasteiger partial charge < -0.3 is 14.8 Å². The van der Waals surface area contributed by atoms with E-state index in [9.17, 15) is 9.59 Å². The van der Waals surface area contributed by atoms with Crippen LogP contribution in [-0.2, 0) is 16.1 Å². The maximum Gasteiger partial charge on any atom is 0.317 e. The van der Waals surface area contributed by atoms with Crippen molar-refractivity contribution in [3.8, 4) is 0 Å². The highest BCUT2D eigenvalue weighted by molar-refractivity contribution is 5.82. The number of furan rings is 1. The van der Waals surface area contributed by atoms with E-state index in [1.165, 1.54) is 6.26 Å². The van der Waals surface area contributed by atoms with Gasteiger partial charge >= 0.3 is 5.97 Å². The molecule has 6 nitrogen and oxygen atoms in total. The molecule has 0 fully saturated rings. The zero-order valence-electron chi connectivity index (χ0n) is 10.5. The van der Waals surface area contributed by atoms with Crippen LogP contribution < -0.4 is 5.32 Å². The highest BCUT2D eigenvalue weighted by atomic mass is 16.4. The summed E-state index contributed by atoms with van der Waals surface area (Å²) in [6.07, 6.45) is 1.54. The lowest BCUT2D eigenvalue weighted by molar-refractivity contribution is -0.139. The lowest BCUT2D eigenvalue weighted by Crippen LogP contribution is -2.46. The molecule has 1 amide bonds. The molecule has 1 aromatic heterocycles. The Morgan fingerprint density at radius 3 is 2.78 bits per heavy atom. The summed E-state index contributed by atoms with van der Waals surface area (Å²) < 4.78 is 5.09. The lowest BCUT2D eigenvalue weighted by atomic mass is 10.2. The molecule has 0 spiro atoms. The Bertz CT molecular complexity index is 389. The van der Waals surface area contributed by atoms with Crippen molar-refractivity contribution in [1.29, 1.82) is 0 Å². The molecule has 0 aromatic carbocycles. The molecule has 0 aliphatic rings. The molecule has 1 heterocycles. The number of aliphatic carboxylic acids is 1. The van der Waals surface area contributed by atoms with Crippen molar-refractivity contribution in [3.05, 3.63) is 24.2 Å². The van der Waals surface area contributed by atoms with Crippen LogP contribution in [0.5, 0.6) is 0 Å². The first-order valence-electron chi connectivity index (χ1n) is 5.80. The van der Waals surface area contributed by atoms with E-state index in [0.717, 1.165) is 0 Å². The molecule has 0 saturated carbocycles. The molecule has 1 atom stereocenters. The number of carbonyl (C=O) groups is 2. The van der Waals surface area contributed by atoms with Crippen molar-refractivity contribution >= 4 is 11.9 Å². The zero-order valence-corrected chi connectivity index (χ0v) is 10.5. The molecular formula is C12H18N2O4. The number of nitrogens with one attached hydrogen (secondary N) is 1. The predicted molar refractivity (Wildman–Crippen MR) is 64.9 cm³/mol. The van der Waals surface area contributed by atoms with Crippen LogP contribution >= 0.6 is 0 Å². The molecule has 0 saturated heterocycles. The minimum absolute atomic E-state index is 0.147. The van der Waals surface area contributed by atoms with Crippen molar-refractivity contribution in [2.45, 2.75) is 26.4 Å². The number of hydrogen-bond acceptors (Lipinski definition) is 4. The van der Waals surface area contributed by atoms with E-state index in [-0.39, 0.29) is 12.5 Å². The topological polar surface area (TPSA) is 82.8 Å². The first-order valence-corrected chi connectivity index (χ1v) is 5.80. The van der Waals surface area contributed by atoms with Gasteiger partial charge in [-0.3, -0.25) is 14.5 Å². The SMILES string of the molecule is CCN(CC(=O)O)C(C)C(=O)NCc1ccco1. The highest BCUT2D eigenvalue weighted by Crippen LogP contribution is 2.02. The minimum atomic E-state index is -0.942. The molecular weight excluding hydrogens is 236 g/mol. The summed E-state index contributed by atoms with van der Waals surface area (Å²) in [7, 11) is 0. The van der Waals surface area contributed by atoms with Crippen LogP contribution in [0.25, 0.3) is 0 Å². The van der Waals surface area contributed by atoms with Gasteiger partial charge in [0.25, 0.3) is 0 Å². The van der Waals surface area contributed by atoms with E-state index in [0.29, 0.717) is 18.8 Å². The second-order valence-corrected chi connectivity index (χ2v) is 3.93. The van der Waals surface area contributed by atoms with Gasteiger partial charge in [-0.2, -0.15) is 0 Å². The Kier molecular flexibility index (Phi) is 5.38. The molecule has 1 rings (SSSR count). The van der Waals surface area contributed by atoms with Gasteiger partial charge in [0.15, 0.2) is 0 Å². The van der Waals surface area contributed by atoms with E-state index in [2.05, 4.69) is 5.32 Å². The lowest BCUT2D eigenvalue weighted by Gasteiger charge is -2.24. The molecule has 0 radical (unpaired) electrons. The molecule has 0 aliphatic heterocycles. The van der Waals surface area contributed by atoms with Crippen molar-refractivity contribution in [1.82, 2.24) is 10.2 Å². The predicted octanol–water partition coefficient (Wildman–Crippen LogP) is 0.691. The van der Waals surface area contributed by atoms with Crippen LogP contribution in [0.4, 0.5) is 0 Å². The summed E-state index contributed by atoms with van der Waals surface area (Å²) in [6.45, 7) is 4.16. The van der Waals surface area contributed by atoms with Gasteiger partial charge in [-0.05, 0) is 25.6 Å². The third-order valence-electron chi connectivity index (χ3n) is 2.69. The van der Waals surface area contributed by atoms with E-state index in [1.807, 2.05) is 6.92 Å². The number of carboxylic acid groups (broad SMARTS) is 1. The fourth-order valence-corrected chi connectivity index (χ4v) is 1.60. The average Bonchev–Trinajstić information content (AvgIpc) is 2.84. The van der Waals surface area contributed by atoms with Crippen molar-refractivity contribution in [2.24, 2.45) is 0 Å². The number of amides is 1. The van der Waals surface area contributed by atoms with Crippen molar-refractivity contribution in [3.63, 3.8) is 0 Å². The van der Waals surface area contributed by atoms with Crippen molar-refractivity contribution in [2.75, 3.05) is 13.1 Å². The quantitative estimate of drug-likeness (QED) is 0.748. The maximum absolute atomic E-state index is 11.8. The van der Waals surface area contributed by atoms with E-state index < -0.39 is 12.0 Å². The van der Waals surface area contributed by atoms with E-state index in [1.54, 1.807) is 24.0 Å². The fourth-order valence-electron chi connectivity index (χ4n) is 1.60. The Morgan fingerprint density at radius 2 is 2.28 bits per heavy atom. The average molecular weight is 254 g/mol. The van der Waals surface area contributed by atoms with Crippen molar-refractivity contribution < 1.29 is 19.1 Å². The monoisotopic (exact) mass is 254 g/mol. The Labute approximate surface area is 106 Å². The molecule has 6 heteroatoms. The summed E-state index contributed by atoms with van der Waals surface area (Å²) in [5.41, 5.74) is 0. The molecule has 18 heavy (non-hydrogen) atoms. The number of carbonyl (C=O) groups excluding carboxylic acids is 1. The van der Waals surface area contributed by atoms with E-state index >= 15 is 0 Å². The smallest absolute Gasteiger partial charge is 0.317 e. The van der Waals surface area contributed by atoms with E-state index in [4.69, 9.17) is 9.52 Å². The van der Waals surface area contributed by atoms with Gasteiger partial charge in [0, 0.05) is 0 Å². The van der Waals surface area contributed by atoms with Gasteiger partial charge in [0.05, 0.1) is 25.4 Å². The molecule has 1 aromatic rings. The molecule has 1 unspecified atom stereocenters. The van der Waals surface area contributed by atoms with Crippen LogP contribution in [0.2, 0.25) is 0 Å². The second-order valence-electron chi connectivity index (χ2n) is 3.93. The summed E-state index contributed by atoms with van der Waals surface area (Å²) in [6, 6.07) is 3.02. The number of rotatable bonds is 7. The number of nitrogens with zero attached hydrogens (tertiary/aromatic N) is 1. The standard InChI is InChI=1S/C12H18N2O4/c1-3-14(8-11(15)16)9(2)12(17)13-7-10-5-4-6-18-10/h4-6,9H,3,7-8H2,1-2H3,(H,13,17)(H,15,16). The molecule has 0 aliphatic carbocycles. The van der Waals surface area contributed by atoms with Crippen LogP contribution in [0, 0.1) is 0 Å². The first kappa shape index (κ1) is 14.2. The van der Waals surface area contributed by atoms with Gasteiger partial charge in [-0.25, -0.2) is 0 Å². The van der Waals surface area contributed by atoms with Gasteiger partial charge in [0.1, 0.15) is 5.76 Å². The summed E-state index contributed by atoms with van der Waals surface area (Å²) >= 11 is 0. The number of likely N-dealkylation sites (N-methyl/N-ethyl adjacent to an activating group) is 1. The maximum atomic E-state index is 11.8. The Morgan fingerprint density at radius 1 is 1.56 bits per heavy atom. The Hall–Kier alpha value is -1.82. The number of hydrogen-bond donors (Lipinski definition) is 2. The largest absolute Gasteiger partial charge is 0.480 e.